The van der Waals surface area contributed by atoms with Crippen molar-refractivity contribution in [1.29, 1.82) is 0 Å². The first-order valence-corrected chi connectivity index (χ1v) is 7.69. The SMILES string of the molecule is CC(C)(C)CC(NC(=O)O)C(NC(=O)O)c1cccc(Cl)c1Cl. The van der Waals surface area contributed by atoms with Crippen molar-refractivity contribution in [2.45, 2.75) is 39.3 Å². The predicted molar refractivity (Wildman–Crippen MR) is 89.4 cm³/mol. The number of carboxylic acid groups (broad SMARTS) is 2. The smallest absolute Gasteiger partial charge is 0.405 e. The normalized spacial score (nSPS) is 14.0. The molecule has 0 bridgehead atoms. The third-order valence-corrected chi connectivity index (χ3v) is 3.97. The molecule has 1 aromatic rings. The number of benzene rings is 1. The van der Waals surface area contributed by atoms with Gasteiger partial charge in [-0.1, -0.05) is 56.1 Å². The van der Waals surface area contributed by atoms with Crippen molar-refractivity contribution >= 4 is 35.4 Å². The fourth-order valence-corrected chi connectivity index (χ4v) is 2.78. The molecule has 2 atom stereocenters. The first-order valence-electron chi connectivity index (χ1n) is 6.94. The molecule has 0 aliphatic carbocycles. The van der Waals surface area contributed by atoms with Gasteiger partial charge in [-0.25, -0.2) is 9.59 Å². The average Bonchev–Trinajstić information content (AvgIpc) is 2.36. The van der Waals surface area contributed by atoms with Crippen LogP contribution in [0.25, 0.3) is 0 Å². The van der Waals surface area contributed by atoms with Crippen LogP contribution < -0.4 is 10.6 Å². The summed E-state index contributed by atoms with van der Waals surface area (Å²) in [5, 5.41) is 23.4. The maximum atomic E-state index is 11.2. The molecule has 6 nitrogen and oxygen atoms in total. The Kier molecular flexibility index (Phi) is 6.53. The number of hydrogen-bond donors (Lipinski definition) is 4. The standard InChI is InChI=1S/C15H20Cl2N2O4/c1-15(2,3)7-10(18-13(20)21)12(19-14(22)23)8-5-4-6-9(16)11(8)17/h4-6,10,12,18-19H,7H2,1-3H3,(H,20,21)(H,22,23). The molecule has 128 valence electrons. The van der Waals surface area contributed by atoms with E-state index >= 15 is 0 Å². The van der Waals surface area contributed by atoms with Crippen molar-refractivity contribution in [3.05, 3.63) is 33.8 Å². The molecule has 0 saturated carbocycles. The Labute approximate surface area is 144 Å². The van der Waals surface area contributed by atoms with Crippen LogP contribution in [0.15, 0.2) is 18.2 Å². The van der Waals surface area contributed by atoms with Gasteiger partial charge in [0, 0.05) is 0 Å². The Morgan fingerprint density at radius 2 is 1.70 bits per heavy atom. The van der Waals surface area contributed by atoms with Crippen LogP contribution in [0.1, 0.15) is 38.8 Å². The van der Waals surface area contributed by atoms with Gasteiger partial charge in [0.15, 0.2) is 0 Å². The molecule has 2 unspecified atom stereocenters. The summed E-state index contributed by atoms with van der Waals surface area (Å²) >= 11 is 12.2. The lowest BCUT2D eigenvalue weighted by Gasteiger charge is -2.33. The highest BCUT2D eigenvalue weighted by Crippen LogP contribution is 2.34. The highest BCUT2D eigenvalue weighted by atomic mass is 35.5. The molecule has 8 heteroatoms. The van der Waals surface area contributed by atoms with Gasteiger partial charge in [0.2, 0.25) is 0 Å². The Morgan fingerprint density at radius 3 is 2.17 bits per heavy atom. The molecule has 0 heterocycles. The molecule has 0 saturated heterocycles. The van der Waals surface area contributed by atoms with Gasteiger partial charge in [-0.3, -0.25) is 0 Å². The number of hydrogen-bond acceptors (Lipinski definition) is 2. The number of halogens is 2. The van der Waals surface area contributed by atoms with Crippen LogP contribution in [0.5, 0.6) is 0 Å². The molecule has 0 aliphatic rings. The van der Waals surface area contributed by atoms with E-state index in [0.717, 1.165) is 0 Å². The molecule has 1 aromatic carbocycles. The molecule has 0 radical (unpaired) electrons. The lowest BCUT2D eigenvalue weighted by atomic mass is 9.83. The third-order valence-electron chi connectivity index (χ3n) is 3.14. The Balaban J connectivity index is 3.31. The van der Waals surface area contributed by atoms with Crippen molar-refractivity contribution in [2.75, 3.05) is 0 Å². The van der Waals surface area contributed by atoms with E-state index in [2.05, 4.69) is 10.6 Å². The minimum Gasteiger partial charge on any atom is -0.465 e. The van der Waals surface area contributed by atoms with E-state index in [0.29, 0.717) is 12.0 Å². The summed E-state index contributed by atoms with van der Waals surface area (Å²) < 4.78 is 0. The highest BCUT2D eigenvalue weighted by molar-refractivity contribution is 6.42. The topological polar surface area (TPSA) is 98.7 Å². The molecule has 23 heavy (non-hydrogen) atoms. The summed E-state index contributed by atoms with van der Waals surface area (Å²) in [6.07, 6.45) is -2.13. The van der Waals surface area contributed by atoms with E-state index in [1.54, 1.807) is 18.2 Å². The zero-order valence-electron chi connectivity index (χ0n) is 13.1. The minimum absolute atomic E-state index is 0.194. The van der Waals surface area contributed by atoms with Crippen LogP contribution in [0, 0.1) is 5.41 Å². The third kappa shape index (κ3) is 6.15. The molecule has 0 aliphatic heterocycles. The number of nitrogens with one attached hydrogen (secondary N) is 2. The van der Waals surface area contributed by atoms with Crippen molar-refractivity contribution in [3.8, 4) is 0 Å². The second-order valence-corrected chi connectivity index (χ2v) is 7.18. The summed E-state index contributed by atoms with van der Waals surface area (Å²) in [5.41, 5.74) is 0.181. The predicted octanol–water partition coefficient (Wildman–Crippen LogP) is 4.37. The second kappa shape index (κ2) is 7.75. The van der Waals surface area contributed by atoms with Crippen LogP contribution in [0.3, 0.4) is 0 Å². The van der Waals surface area contributed by atoms with Crippen molar-refractivity contribution in [1.82, 2.24) is 10.6 Å². The highest BCUT2D eigenvalue weighted by Gasteiger charge is 2.32. The number of amides is 2. The van der Waals surface area contributed by atoms with E-state index in [9.17, 15) is 9.59 Å². The monoisotopic (exact) mass is 362 g/mol. The van der Waals surface area contributed by atoms with Gasteiger partial charge in [0.1, 0.15) is 0 Å². The molecular weight excluding hydrogens is 343 g/mol. The fourth-order valence-electron chi connectivity index (χ4n) is 2.36. The van der Waals surface area contributed by atoms with E-state index in [1.165, 1.54) is 0 Å². The summed E-state index contributed by atoms with van der Waals surface area (Å²) in [6.45, 7) is 5.79. The van der Waals surface area contributed by atoms with Crippen LogP contribution in [0.2, 0.25) is 10.0 Å². The van der Waals surface area contributed by atoms with Gasteiger partial charge in [-0.05, 0) is 23.5 Å². The fraction of sp³-hybridized carbons (Fsp3) is 0.467. The molecular formula is C15H20Cl2N2O4. The van der Waals surface area contributed by atoms with Crippen LogP contribution in [-0.2, 0) is 0 Å². The minimum atomic E-state index is -1.28. The van der Waals surface area contributed by atoms with Gasteiger partial charge >= 0.3 is 12.2 Å². The van der Waals surface area contributed by atoms with Crippen LogP contribution in [0.4, 0.5) is 9.59 Å². The summed E-state index contributed by atoms with van der Waals surface area (Å²) in [5.74, 6) is 0. The maximum Gasteiger partial charge on any atom is 0.405 e. The van der Waals surface area contributed by atoms with E-state index in [4.69, 9.17) is 33.4 Å². The molecule has 0 aromatic heterocycles. The lowest BCUT2D eigenvalue weighted by molar-refractivity contribution is 0.166. The molecule has 1 rings (SSSR count). The van der Waals surface area contributed by atoms with E-state index in [-0.39, 0.29) is 15.5 Å². The summed E-state index contributed by atoms with van der Waals surface area (Å²) in [4.78, 5) is 22.3. The average molecular weight is 363 g/mol. The summed E-state index contributed by atoms with van der Waals surface area (Å²) in [7, 11) is 0. The van der Waals surface area contributed by atoms with Crippen LogP contribution >= 0.6 is 23.2 Å². The van der Waals surface area contributed by atoms with E-state index < -0.39 is 24.3 Å². The Morgan fingerprint density at radius 1 is 1.13 bits per heavy atom. The Hall–Kier alpha value is -1.66. The van der Waals surface area contributed by atoms with Gasteiger partial charge in [0.05, 0.1) is 22.1 Å². The van der Waals surface area contributed by atoms with Gasteiger partial charge < -0.3 is 20.8 Å². The quantitative estimate of drug-likeness (QED) is 0.624. The first-order chi connectivity index (χ1) is 10.5. The van der Waals surface area contributed by atoms with Gasteiger partial charge in [-0.2, -0.15) is 0 Å². The zero-order chi connectivity index (χ0) is 17.8. The molecule has 2 amide bonds. The number of rotatable bonds is 5. The maximum absolute atomic E-state index is 11.2. The molecule has 0 spiro atoms. The van der Waals surface area contributed by atoms with E-state index in [1.807, 2.05) is 20.8 Å². The second-order valence-electron chi connectivity index (χ2n) is 6.39. The largest absolute Gasteiger partial charge is 0.465 e. The van der Waals surface area contributed by atoms with Crippen molar-refractivity contribution < 1.29 is 19.8 Å². The van der Waals surface area contributed by atoms with Gasteiger partial charge in [0.25, 0.3) is 0 Å². The molecule has 4 N–H and O–H groups in total. The van der Waals surface area contributed by atoms with Gasteiger partial charge in [-0.15, -0.1) is 0 Å². The number of carbonyl (C=O) groups is 2. The zero-order valence-corrected chi connectivity index (χ0v) is 14.6. The van der Waals surface area contributed by atoms with Crippen molar-refractivity contribution in [2.24, 2.45) is 5.41 Å². The summed E-state index contributed by atoms with van der Waals surface area (Å²) in [6, 6.07) is 3.26. The molecule has 0 fully saturated rings. The first kappa shape index (κ1) is 19.4. The van der Waals surface area contributed by atoms with Crippen molar-refractivity contribution in [3.63, 3.8) is 0 Å². The van der Waals surface area contributed by atoms with Crippen LogP contribution in [-0.4, -0.2) is 28.4 Å². The Bertz CT molecular complexity index is 587. The lowest BCUT2D eigenvalue weighted by Crippen LogP contribution is -2.47.